The second-order valence-corrected chi connectivity index (χ2v) is 25.8. The average molecular weight is 1150 g/mol. The molecule has 8 N–H and O–H groups in total. The number of hydrogen-bond donors (Lipinski definition) is 8. The molecule has 450 valence electrons. The molecule has 2 heterocycles. The van der Waals surface area contributed by atoms with Crippen molar-refractivity contribution in [1.29, 1.82) is 0 Å². The Morgan fingerprint density at radius 3 is 1.65 bits per heavy atom. The van der Waals surface area contributed by atoms with E-state index in [9.17, 15) is 33.6 Å². The van der Waals surface area contributed by atoms with E-state index in [1.165, 1.54) is 16.0 Å². The molecule has 4 aromatic carbocycles. The van der Waals surface area contributed by atoms with Crippen LogP contribution in [0, 0.1) is 16.7 Å². The zero-order chi connectivity index (χ0) is 60.8. The van der Waals surface area contributed by atoms with Crippen molar-refractivity contribution in [3.05, 3.63) is 136 Å². The van der Waals surface area contributed by atoms with Gasteiger partial charge < -0.3 is 52.3 Å². The van der Waals surface area contributed by atoms with Crippen molar-refractivity contribution in [2.45, 2.75) is 182 Å². The number of fused-ring (bicyclic) bond motifs is 3. The predicted octanol–water partition coefficient (Wildman–Crippen LogP) is 6.58. The molecular weight excluding hydrogens is 1060 g/mol. The van der Waals surface area contributed by atoms with E-state index in [4.69, 9.17) is 0 Å². The Balaban J connectivity index is 0.980. The first-order chi connectivity index (χ1) is 39.9. The fraction of sp³-hybridized carbons (Fsp3) is 0.515. The van der Waals surface area contributed by atoms with Crippen LogP contribution in [0.2, 0.25) is 0 Å². The minimum Gasteiger partial charge on any atom is -0.347 e. The highest BCUT2D eigenvalue weighted by Crippen LogP contribution is 2.35. The SMILES string of the molecule is CCN[C@H](C(=O)N[C@H](C(=O)N1Cc2cc(NC(=O)c3ccc(C(=O)NC4CC(C(=O)NC5CCCc6ccccc65)N(C(=O)[C@@H](NC(=O)[C@H](C)NC)C(C)(C)C)C4)cc3)ccc2CC1C(=O)N[C@@H]1CCCc2ccccc21)C(C)(C)C)C(C)C. The van der Waals surface area contributed by atoms with Gasteiger partial charge in [-0.05, 0) is 152 Å². The molecule has 0 spiro atoms. The van der Waals surface area contributed by atoms with Gasteiger partial charge in [-0.2, -0.15) is 0 Å². The molecule has 84 heavy (non-hydrogen) atoms. The van der Waals surface area contributed by atoms with E-state index in [-0.39, 0.29) is 84.6 Å². The number of amides is 8. The third kappa shape index (κ3) is 14.5. The highest BCUT2D eigenvalue weighted by Gasteiger charge is 2.47. The molecule has 4 aromatic rings. The largest absolute Gasteiger partial charge is 0.347 e. The normalized spacial score (nSPS) is 20.8. The second-order valence-electron chi connectivity index (χ2n) is 25.8. The molecule has 4 aliphatic rings. The summed E-state index contributed by atoms with van der Waals surface area (Å²) < 4.78 is 0. The summed E-state index contributed by atoms with van der Waals surface area (Å²) in [6, 6.07) is 21.8. The van der Waals surface area contributed by atoms with E-state index in [2.05, 4.69) is 54.7 Å². The lowest BCUT2D eigenvalue weighted by Crippen LogP contribution is -2.62. The second kappa shape index (κ2) is 26.6. The van der Waals surface area contributed by atoms with Crippen LogP contribution in [0.5, 0.6) is 0 Å². The van der Waals surface area contributed by atoms with Crippen molar-refractivity contribution in [2.75, 3.05) is 25.5 Å². The van der Waals surface area contributed by atoms with Gasteiger partial charge in [0.25, 0.3) is 11.8 Å². The topological polar surface area (TPSA) is 239 Å². The van der Waals surface area contributed by atoms with Gasteiger partial charge in [0.1, 0.15) is 24.2 Å². The van der Waals surface area contributed by atoms with Crippen LogP contribution < -0.4 is 42.5 Å². The minimum atomic E-state index is -0.978. The van der Waals surface area contributed by atoms with E-state index in [1.807, 2.05) is 111 Å². The summed E-state index contributed by atoms with van der Waals surface area (Å²) in [6.45, 7) is 19.4. The number of benzene rings is 4. The van der Waals surface area contributed by atoms with E-state index < -0.39 is 70.8 Å². The molecule has 1 fully saturated rings. The Morgan fingerprint density at radius 2 is 1.12 bits per heavy atom. The number of carbonyl (C=O) groups is 8. The van der Waals surface area contributed by atoms with Crippen molar-refractivity contribution >= 4 is 52.9 Å². The Morgan fingerprint density at radius 1 is 0.595 bits per heavy atom. The smallest absolute Gasteiger partial charge is 0.255 e. The number of nitrogens with zero attached hydrogens (tertiary/aromatic N) is 2. The van der Waals surface area contributed by atoms with Gasteiger partial charge in [-0.1, -0.05) is 117 Å². The number of likely N-dealkylation sites (N-methyl/N-ethyl adjacent to an activating group) is 2. The van der Waals surface area contributed by atoms with Crippen LogP contribution in [0.4, 0.5) is 5.69 Å². The summed E-state index contributed by atoms with van der Waals surface area (Å²) in [7, 11) is 1.66. The molecule has 8 amide bonds. The number of hydrogen-bond acceptors (Lipinski definition) is 10. The summed E-state index contributed by atoms with van der Waals surface area (Å²) in [4.78, 5) is 117. The molecular formula is C66H88N10O8. The fourth-order valence-corrected chi connectivity index (χ4v) is 12.3. The average Bonchev–Trinajstić information content (AvgIpc) is 1.54. The zero-order valence-electron chi connectivity index (χ0n) is 50.9. The van der Waals surface area contributed by atoms with Crippen molar-refractivity contribution in [1.82, 2.24) is 47.0 Å². The van der Waals surface area contributed by atoms with Crippen molar-refractivity contribution in [3.8, 4) is 0 Å². The molecule has 18 nitrogen and oxygen atoms in total. The standard InChI is InChI=1S/C66H88N10O8/c1-12-68-54(38(2)3)62(82)74-56(66(8,9)10)63(83)75-36-45-33-46(32-31-44(45)34-52(75)60(80)71-50-25-17-21-40-19-13-15-23-48(40)50)69-58(78)42-27-29-43(30-28-42)59(79)70-47-35-53(61(81)72-51-26-18-22-41-20-14-16-24-49(41)51)76(37-47)64(84)55(65(5,6)7)73-57(77)39(4)67-11/h13-16,19-20,23-24,27-33,38-39,47,50-56,67-68H,12,17-18,21-22,25-26,34-37H2,1-11H3,(H,69,78)(H,70,79)(H,71,80)(H,72,81)(H,73,77)(H,74,82)/t39-,47?,50+,51?,52?,53?,54-,55+,56+/m0/s1. The van der Waals surface area contributed by atoms with Crippen molar-refractivity contribution in [2.24, 2.45) is 16.7 Å². The predicted molar refractivity (Wildman–Crippen MR) is 324 cm³/mol. The molecule has 2 aliphatic heterocycles. The number of carbonyl (C=O) groups excluding carboxylic acids is 8. The van der Waals surface area contributed by atoms with Crippen LogP contribution in [0.1, 0.15) is 168 Å². The van der Waals surface area contributed by atoms with E-state index >= 15 is 4.79 Å². The molecule has 0 aromatic heterocycles. The Hall–Kier alpha value is -7.44. The maximum Gasteiger partial charge on any atom is 0.255 e. The lowest BCUT2D eigenvalue weighted by Gasteiger charge is -2.42. The number of aryl methyl sites for hydroxylation is 2. The maximum absolute atomic E-state index is 15.1. The molecule has 18 heteroatoms. The Kier molecular flexibility index (Phi) is 19.9. The van der Waals surface area contributed by atoms with Gasteiger partial charge in [-0.3, -0.25) is 38.4 Å². The van der Waals surface area contributed by atoms with Gasteiger partial charge in [-0.15, -0.1) is 0 Å². The third-order valence-electron chi connectivity index (χ3n) is 17.2. The number of anilines is 1. The summed E-state index contributed by atoms with van der Waals surface area (Å²) in [5.74, 6) is -3.05. The van der Waals surface area contributed by atoms with Gasteiger partial charge in [0.05, 0.1) is 24.2 Å². The zero-order valence-corrected chi connectivity index (χ0v) is 50.9. The monoisotopic (exact) mass is 1150 g/mol. The first-order valence-electron chi connectivity index (χ1n) is 30.1. The lowest BCUT2D eigenvalue weighted by molar-refractivity contribution is -0.147. The van der Waals surface area contributed by atoms with Gasteiger partial charge >= 0.3 is 0 Å². The quantitative estimate of drug-likeness (QED) is 0.0533. The van der Waals surface area contributed by atoms with E-state index in [0.29, 0.717) is 12.2 Å². The highest BCUT2D eigenvalue weighted by molar-refractivity contribution is 6.05. The summed E-state index contributed by atoms with van der Waals surface area (Å²) in [5.41, 5.74) is 5.58. The molecule has 9 atom stereocenters. The number of nitrogens with one attached hydrogen (secondary N) is 8. The Bertz CT molecular complexity index is 3090. The van der Waals surface area contributed by atoms with Crippen LogP contribution in [0.15, 0.2) is 91.0 Å². The van der Waals surface area contributed by atoms with E-state index in [0.717, 1.165) is 60.8 Å². The van der Waals surface area contributed by atoms with E-state index in [1.54, 1.807) is 49.2 Å². The van der Waals surface area contributed by atoms with Crippen LogP contribution in [-0.2, 0) is 54.6 Å². The van der Waals surface area contributed by atoms with Gasteiger partial charge in [-0.25, -0.2) is 0 Å². The fourth-order valence-electron chi connectivity index (χ4n) is 12.3. The number of likely N-dealkylation sites (tertiary alicyclic amines) is 1. The molecule has 2 aliphatic carbocycles. The highest BCUT2D eigenvalue weighted by atomic mass is 16.2. The maximum atomic E-state index is 15.1. The molecule has 0 bridgehead atoms. The third-order valence-corrected chi connectivity index (χ3v) is 17.2. The van der Waals surface area contributed by atoms with Gasteiger partial charge in [0.2, 0.25) is 35.4 Å². The van der Waals surface area contributed by atoms with Gasteiger partial charge in [0.15, 0.2) is 0 Å². The van der Waals surface area contributed by atoms with Gasteiger partial charge in [0, 0.05) is 42.4 Å². The summed E-state index contributed by atoms with van der Waals surface area (Å²) in [6.07, 6.45) is 5.49. The minimum absolute atomic E-state index is 0.0215. The van der Waals surface area contributed by atoms with Crippen LogP contribution >= 0.6 is 0 Å². The molecule has 4 unspecified atom stereocenters. The molecule has 0 saturated carbocycles. The summed E-state index contributed by atoms with van der Waals surface area (Å²) >= 11 is 0. The van der Waals surface area contributed by atoms with Crippen LogP contribution in [0.3, 0.4) is 0 Å². The molecule has 0 radical (unpaired) electrons. The Labute approximate surface area is 495 Å². The van der Waals surface area contributed by atoms with Crippen LogP contribution in [-0.4, -0.2) is 119 Å². The van der Waals surface area contributed by atoms with Crippen molar-refractivity contribution in [3.63, 3.8) is 0 Å². The van der Waals surface area contributed by atoms with Crippen molar-refractivity contribution < 1.29 is 38.4 Å². The molecule has 1 saturated heterocycles. The van der Waals surface area contributed by atoms with Crippen LogP contribution in [0.25, 0.3) is 0 Å². The first-order valence-corrected chi connectivity index (χ1v) is 30.1. The lowest BCUT2D eigenvalue weighted by atomic mass is 9.83. The number of rotatable bonds is 18. The first kappa shape index (κ1) is 62.6. The molecule has 8 rings (SSSR count). The summed E-state index contributed by atoms with van der Waals surface area (Å²) in [5, 5.41) is 24.7.